The monoisotopic (exact) mass is 478 g/mol. The summed E-state index contributed by atoms with van der Waals surface area (Å²) in [6.07, 6.45) is -0.0415. The molecule has 0 bridgehead atoms. The van der Waals surface area contributed by atoms with E-state index in [4.69, 9.17) is 32.7 Å². The van der Waals surface area contributed by atoms with E-state index in [0.717, 1.165) is 0 Å². The Morgan fingerprint density at radius 1 is 1.09 bits per heavy atom. The van der Waals surface area contributed by atoms with Crippen LogP contribution in [0.1, 0.15) is 23.7 Å². The summed E-state index contributed by atoms with van der Waals surface area (Å²) in [6.45, 7) is 1.56. The first-order chi connectivity index (χ1) is 15.3. The minimum atomic E-state index is -0.713. The highest BCUT2D eigenvalue weighted by Gasteiger charge is 2.36. The molecule has 10 heteroatoms. The van der Waals surface area contributed by atoms with Gasteiger partial charge in [0.15, 0.2) is 6.61 Å². The van der Waals surface area contributed by atoms with E-state index >= 15 is 0 Å². The number of halogens is 2. The molecular weight excluding hydrogens is 459 g/mol. The van der Waals surface area contributed by atoms with Gasteiger partial charge in [-0.05, 0) is 49.4 Å². The fourth-order valence-corrected chi connectivity index (χ4v) is 3.48. The Bertz CT molecular complexity index is 1040. The maximum atomic E-state index is 12.4. The lowest BCUT2D eigenvalue weighted by atomic mass is 10.1. The van der Waals surface area contributed by atoms with Gasteiger partial charge in [-0.15, -0.1) is 0 Å². The molecule has 2 aromatic carbocycles. The molecule has 0 saturated carbocycles. The smallest absolute Gasteiger partial charge is 0.338 e. The van der Waals surface area contributed by atoms with Crippen molar-refractivity contribution in [2.24, 2.45) is 5.92 Å². The van der Waals surface area contributed by atoms with Crippen molar-refractivity contribution in [3.63, 3.8) is 0 Å². The van der Waals surface area contributed by atoms with E-state index in [9.17, 15) is 19.2 Å². The predicted molar refractivity (Wildman–Crippen MR) is 119 cm³/mol. The minimum absolute atomic E-state index is 0.0415. The van der Waals surface area contributed by atoms with Crippen molar-refractivity contribution < 1.29 is 28.7 Å². The number of ether oxygens (including phenoxy) is 2. The summed E-state index contributed by atoms with van der Waals surface area (Å²) in [5.41, 5.74) is 1.21. The molecule has 32 heavy (non-hydrogen) atoms. The van der Waals surface area contributed by atoms with Gasteiger partial charge in [-0.3, -0.25) is 14.4 Å². The molecular formula is C22H20Cl2N2O6. The van der Waals surface area contributed by atoms with Crippen molar-refractivity contribution in [1.82, 2.24) is 0 Å². The summed E-state index contributed by atoms with van der Waals surface area (Å²) in [5.74, 6) is -2.67. The van der Waals surface area contributed by atoms with Crippen LogP contribution >= 0.6 is 23.2 Å². The van der Waals surface area contributed by atoms with Gasteiger partial charge in [-0.25, -0.2) is 4.79 Å². The van der Waals surface area contributed by atoms with Gasteiger partial charge in [0.2, 0.25) is 5.91 Å². The van der Waals surface area contributed by atoms with Gasteiger partial charge >= 0.3 is 11.9 Å². The zero-order valence-corrected chi connectivity index (χ0v) is 18.6. The topological polar surface area (TPSA) is 102 Å². The normalized spacial score (nSPS) is 15.4. The highest BCUT2D eigenvalue weighted by atomic mass is 35.5. The highest BCUT2D eigenvalue weighted by molar-refractivity contribution is 6.35. The summed E-state index contributed by atoms with van der Waals surface area (Å²) in [4.78, 5) is 50.0. The molecule has 0 spiro atoms. The predicted octanol–water partition coefficient (Wildman–Crippen LogP) is 3.70. The molecule has 1 heterocycles. The molecule has 1 saturated heterocycles. The molecule has 1 aliphatic heterocycles. The van der Waals surface area contributed by atoms with E-state index < -0.39 is 30.4 Å². The Morgan fingerprint density at radius 3 is 2.50 bits per heavy atom. The van der Waals surface area contributed by atoms with Gasteiger partial charge in [0.1, 0.15) is 0 Å². The number of benzene rings is 2. The average Bonchev–Trinajstić information content (AvgIpc) is 3.16. The number of esters is 2. The maximum absolute atomic E-state index is 12.4. The van der Waals surface area contributed by atoms with Crippen molar-refractivity contribution in [3.05, 3.63) is 58.1 Å². The second-order valence-corrected chi connectivity index (χ2v) is 7.80. The summed E-state index contributed by atoms with van der Waals surface area (Å²) in [7, 11) is 0. The lowest BCUT2D eigenvalue weighted by Crippen LogP contribution is -2.28. The maximum Gasteiger partial charge on any atom is 0.338 e. The van der Waals surface area contributed by atoms with Crippen LogP contribution in [-0.2, 0) is 23.9 Å². The Hall–Kier alpha value is -3.10. The van der Waals surface area contributed by atoms with E-state index in [1.54, 1.807) is 37.3 Å². The van der Waals surface area contributed by atoms with Crippen LogP contribution in [0, 0.1) is 5.92 Å². The number of amides is 2. The summed E-state index contributed by atoms with van der Waals surface area (Å²) in [5, 5.41) is 3.20. The van der Waals surface area contributed by atoms with E-state index in [2.05, 4.69) is 5.32 Å². The third-order valence-electron chi connectivity index (χ3n) is 4.70. The van der Waals surface area contributed by atoms with E-state index in [1.165, 1.54) is 17.0 Å². The number of hydrogen-bond donors (Lipinski definition) is 1. The van der Waals surface area contributed by atoms with E-state index in [1.807, 2.05) is 0 Å². The average molecular weight is 479 g/mol. The Balaban J connectivity index is 1.54. The number of rotatable bonds is 7. The fourth-order valence-electron chi connectivity index (χ4n) is 3.14. The Kier molecular flexibility index (Phi) is 7.71. The lowest BCUT2D eigenvalue weighted by Gasteiger charge is -2.17. The second-order valence-electron chi connectivity index (χ2n) is 6.95. The minimum Gasteiger partial charge on any atom is -0.462 e. The van der Waals surface area contributed by atoms with Gasteiger partial charge in [0.05, 0.1) is 28.8 Å². The number of hydrogen-bond acceptors (Lipinski definition) is 6. The molecule has 8 nitrogen and oxygen atoms in total. The molecule has 1 fully saturated rings. The zero-order valence-electron chi connectivity index (χ0n) is 17.1. The van der Waals surface area contributed by atoms with Crippen molar-refractivity contribution in [2.45, 2.75) is 13.3 Å². The first-order valence-electron chi connectivity index (χ1n) is 9.77. The molecule has 1 N–H and O–H groups in total. The Morgan fingerprint density at radius 2 is 1.81 bits per heavy atom. The molecule has 3 rings (SSSR count). The highest BCUT2D eigenvalue weighted by Crippen LogP contribution is 2.27. The number of carbonyl (C=O) groups excluding carboxylic acids is 4. The molecule has 0 unspecified atom stereocenters. The molecule has 0 aromatic heterocycles. The van der Waals surface area contributed by atoms with Crippen LogP contribution in [0.3, 0.4) is 0 Å². The zero-order chi connectivity index (χ0) is 23.3. The number of anilines is 2. The third-order valence-corrected chi connectivity index (χ3v) is 5.26. The van der Waals surface area contributed by atoms with Gasteiger partial charge in [-0.1, -0.05) is 23.2 Å². The first kappa shape index (κ1) is 23.6. The van der Waals surface area contributed by atoms with Crippen LogP contribution in [0.15, 0.2) is 42.5 Å². The van der Waals surface area contributed by atoms with Crippen LogP contribution in [0.5, 0.6) is 0 Å². The van der Waals surface area contributed by atoms with E-state index in [-0.39, 0.29) is 25.5 Å². The number of nitrogens with one attached hydrogen (secondary N) is 1. The third kappa shape index (κ3) is 5.77. The molecule has 1 aliphatic rings. The fraction of sp³-hybridized carbons (Fsp3) is 0.273. The SMILES string of the molecule is CCOC(=O)c1ccc(N2C[C@H](C(=O)OCC(=O)Nc3cc(Cl)ccc3Cl)CC2=O)cc1. The quantitative estimate of drug-likeness (QED) is 0.608. The van der Waals surface area contributed by atoms with Crippen molar-refractivity contribution in [3.8, 4) is 0 Å². The van der Waals surface area contributed by atoms with Crippen molar-refractivity contribution in [2.75, 3.05) is 30.0 Å². The standard InChI is InChI=1S/C22H20Cl2N2O6/c1-2-31-21(29)13-3-6-16(7-4-13)26-11-14(9-20(26)28)22(30)32-12-19(27)25-18-10-15(23)5-8-17(18)24/h3-8,10,14H,2,9,11-12H2,1H3,(H,25,27)/t14-/m1/s1. The first-order valence-corrected chi connectivity index (χ1v) is 10.5. The van der Waals surface area contributed by atoms with Crippen molar-refractivity contribution in [1.29, 1.82) is 0 Å². The van der Waals surface area contributed by atoms with Crippen LogP contribution in [0.2, 0.25) is 10.0 Å². The molecule has 1 atom stereocenters. The second kappa shape index (κ2) is 10.5. The van der Waals surface area contributed by atoms with Crippen LogP contribution < -0.4 is 10.2 Å². The molecule has 0 radical (unpaired) electrons. The van der Waals surface area contributed by atoms with Crippen LogP contribution in [0.25, 0.3) is 0 Å². The lowest BCUT2D eigenvalue weighted by molar-refractivity contribution is -0.151. The van der Waals surface area contributed by atoms with Gasteiger partial charge in [0.25, 0.3) is 5.91 Å². The molecule has 168 valence electrons. The van der Waals surface area contributed by atoms with E-state index in [0.29, 0.717) is 27.0 Å². The number of nitrogens with zero attached hydrogens (tertiary/aromatic N) is 1. The molecule has 2 aromatic rings. The molecule has 0 aliphatic carbocycles. The van der Waals surface area contributed by atoms with Gasteiger partial charge in [-0.2, -0.15) is 0 Å². The summed E-state index contributed by atoms with van der Waals surface area (Å²) >= 11 is 11.9. The van der Waals surface area contributed by atoms with Gasteiger partial charge in [0, 0.05) is 23.7 Å². The van der Waals surface area contributed by atoms with Crippen molar-refractivity contribution >= 4 is 58.3 Å². The van der Waals surface area contributed by atoms with Crippen LogP contribution in [0.4, 0.5) is 11.4 Å². The summed E-state index contributed by atoms with van der Waals surface area (Å²) in [6, 6.07) is 10.9. The molecule has 2 amide bonds. The Labute approximate surface area is 194 Å². The van der Waals surface area contributed by atoms with Crippen LogP contribution in [-0.4, -0.2) is 43.5 Å². The number of carbonyl (C=O) groups is 4. The largest absolute Gasteiger partial charge is 0.462 e. The van der Waals surface area contributed by atoms with Gasteiger partial charge < -0.3 is 19.7 Å². The summed E-state index contributed by atoms with van der Waals surface area (Å²) < 4.78 is 10.0.